The molecule has 1 fully saturated rings. The number of carbonyl (C=O) groups is 1. The van der Waals surface area contributed by atoms with Crippen LogP contribution in [-0.4, -0.2) is 18.0 Å². The maximum Gasteiger partial charge on any atom is 0.234 e. The van der Waals surface area contributed by atoms with Crippen molar-refractivity contribution in [1.82, 2.24) is 5.32 Å². The van der Waals surface area contributed by atoms with Crippen LogP contribution in [0, 0.1) is 11.8 Å². The van der Waals surface area contributed by atoms with Crippen LogP contribution in [0.1, 0.15) is 46.5 Å². The summed E-state index contributed by atoms with van der Waals surface area (Å²) in [6.45, 7) is 6.37. The van der Waals surface area contributed by atoms with E-state index in [1.807, 2.05) is 13.8 Å². The molecule has 3 nitrogen and oxygen atoms in total. The SMILES string of the molecule is CC1CCC(NC(C(N)=O)C(C)C)CC1. The predicted octanol–water partition coefficient (Wildman–Crippen LogP) is 1.66. The molecule has 1 aliphatic carbocycles. The van der Waals surface area contributed by atoms with Crippen LogP contribution in [0.5, 0.6) is 0 Å². The number of nitrogens with two attached hydrogens (primary N) is 1. The molecule has 0 aromatic heterocycles. The lowest BCUT2D eigenvalue weighted by atomic mass is 9.86. The average molecular weight is 212 g/mol. The van der Waals surface area contributed by atoms with E-state index in [2.05, 4.69) is 12.2 Å². The van der Waals surface area contributed by atoms with Crippen molar-refractivity contribution in [3.63, 3.8) is 0 Å². The molecule has 1 saturated carbocycles. The summed E-state index contributed by atoms with van der Waals surface area (Å²) in [7, 11) is 0. The van der Waals surface area contributed by atoms with Crippen molar-refractivity contribution in [3.8, 4) is 0 Å². The summed E-state index contributed by atoms with van der Waals surface area (Å²) in [4.78, 5) is 11.2. The molecular formula is C12H24N2O. The molecule has 1 rings (SSSR count). The molecule has 1 aliphatic rings. The Morgan fingerprint density at radius 2 is 1.80 bits per heavy atom. The van der Waals surface area contributed by atoms with Crippen LogP contribution >= 0.6 is 0 Å². The summed E-state index contributed by atoms with van der Waals surface area (Å²) >= 11 is 0. The lowest BCUT2D eigenvalue weighted by molar-refractivity contribution is -0.121. The fraction of sp³-hybridized carbons (Fsp3) is 0.917. The lowest BCUT2D eigenvalue weighted by Gasteiger charge is -2.31. The Bertz CT molecular complexity index is 208. The molecule has 1 amide bonds. The van der Waals surface area contributed by atoms with Gasteiger partial charge in [0.25, 0.3) is 0 Å². The fourth-order valence-electron chi connectivity index (χ4n) is 2.28. The first kappa shape index (κ1) is 12.5. The van der Waals surface area contributed by atoms with E-state index in [0.29, 0.717) is 6.04 Å². The predicted molar refractivity (Wildman–Crippen MR) is 62.4 cm³/mol. The molecule has 0 saturated heterocycles. The Balaban J connectivity index is 2.41. The molecule has 0 spiro atoms. The second-order valence-electron chi connectivity index (χ2n) is 5.25. The molecule has 3 N–H and O–H groups in total. The van der Waals surface area contributed by atoms with Gasteiger partial charge in [0.15, 0.2) is 0 Å². The standard InChI is InChI=1S/C12H24N2O/c1-8(2)11(12(13)15)14-10-6-4-9(3)5-7-10/h8-11,14H,4-7H2,1-3H3,(H2,13,15). The maximum atomic E-state index is 11.2. The molecule has 0 heterocycles. The van der Waals surface area contributed by atoms with E-state index in [-0.39, 0.29) is 17.9 Å². The quantitative estimate of drug-likeness (QED) is 0.744. The molecule has 0 aromatic rings. The minimum absolute atomic E-state index is 0.164. The van der Waals surface area contributed by atoms with Gasteiger partial charge >= 0.3 is 0 Å². The van der Waals surface area contributed by atoms with Gasteiger partial charge in [0.2, 0.25) is 5.91 Å². The van der Waals surface area contributed by atoms with Crippen molar-refractivity contribution >= 4 is 5.91 Å². The number of nitrogens with one attached hydrogen (secondary N) is 1. The summed E-state index contributed by atoms with van der Waals surface area (Å²) in [6.07, 6.45) is 4.89. The first-order valence-electron chi connectivity index (χ1n) is 6.06. The summed E-state index contributed by atoms with van der Waals surface area (Å²) in [5.74, 6) is 0.902. The first-order chi connectivity index (χ1) is 7.00. The van der Waals surface area contributed by atoms with Gasteiger partial charge in [0, 0.05) is 6.04 Å². The van der Waals surface area contributed by atoms with Crippen LogP contribution < -0.4 is 11.1 Å². The highest BCUT2D eigenvalue weighted by Gasteiger charge is 2.25. The van der Waals surface area contributed by atoms with E-state index in [9.17, 15) is 4.79 Å². The van der Waals surface area contributed by atoms with Gasteiger partial charge in [-0.05, 0) is 37.5 Å². The Labute approximate surface area is 92.8 Å². The Morgan fingerprint density at radius 1 is 1.27 bits per heavy atom. The molecule has 1 unspecified atom stereocenters. The minimum Gasteiger partial charge on any atom is -0.368 e. The summed E-state index contributed by atoms with van der Waals surface area (Å²) in [5, 5.41) is 3.40. The number of rotatable bonds is 4. The van der Waals surface area contributed by atoms with Crippen LogP contribution in [-0.2, 0) is 4.79 Å². The highest BCUT2D eigenvalue weighted by molar-refractivity contribution is 5.80. The first-order valence-corrected chi connectivity index (χ1v) is 6.06. The molecule has 88 valence electrons. The van der Waals surface area contributed by atoms with Crippen molar-refractivity contribution in [2.45, 2.75) is 58.5 Å². The number of primary amides is 1. The molecular weight excluding hydrogens is 188 g/mol. The molecule has 15 heavy (non-hydrogen) atoms. The maximum absolute atomic E-state index is 11.2. The zero-order valence-corrected chi connectivity index (χ0v) is 10.1. The summed E-state index contributed by atoms with van der Waals surface area (Å²) < 4.78 is 0. The number of hydrogen-bond donors (Lipinski definition) is 2. The van der Waals surface area contributed by atoms with Gasteiger partial charge in [-0.1, -0.05) is 20.8 Å². The van der Waals surface area contributed by atoms with E-state index < -0.39 is 0 Å². The highest BCUT2D eigenvalue weighted by Crippen LogP contribution is 2.24. The molecule has 0 aliphatic heterocycles. The van der Waals surface area contributed by atoms with Gasteiger partial charge in [-0.25, -0.2) is 0 Å². The molecule has 1 atom stereocenters. The second-order valence-corrected chi connectivity index (χ2v) is 5.25. The fourth-order valence-corrected chi connectivity index (χ4v) is 2.28. The van der Waals surface area contributed by atoms with Crippen LogP contribution in [0.4, 0.5) is 0 Å². The number of carbonyl (C=O) groups excluding carboxylic acids is 1. The topological polar surface area (TPSA) is 55.1 Å². The molecule has 0 radical (unpaired) electrons. The van der Waals surface area contributed by atoms with E-state index in [1.54, 1.807) is 0 Å². The highest BCUT2D eigenvalue weighted by atomic mass is 16.1. The van der Waals surface area contributed by atoms with Crippen LogP contribution in [0.3, 0.4) is 0 Å². The van der Waals surface area contributed by atoms with Crippen molar-refractivity contribution < 1.29 is 4.79 Å². The van der Waals surface area contributed by atoms with Crippen LogP contribution in [0.25, 0.3) is 0 Å². The monoisotopic (exact) mass is 212 g/mol. The van der Waals surface area contributed by atoms with Crippen molar-refractivity contribution in [3.05, 3.63) is 0 Å². The van der Waals surface area contributed by atoms with E-state index >= 15 is 0 Å². The van der Waals surface area contributed by atoms with Crippen molar-refractivity contribution in [1.29, 1.82) is 0 Å². The van der Waals surface area contributed by atoms with Crippen LogP contribution in [0.2, 0.25) is 0 Å². The van der Waals surface area contributed by atoms with Crippen molar-refractivity contribution in [2.75, 3.05) is 0 Å². The van der Waals surface area contributed by atoms with E-state index in [1.165, 1.54) is 25.7 Å². The third-order valence-electron chi connectivity index (χ3n) is 3.40. The van der Waals surface area contributed by atoms with E-state index in [4.69, 9.17) is 5.73 Å². The normalized spacial score (nSPS) is 29.1. The molecule has 0 aromatic carbocycles. The zero-order valence-electron chi connectivity index (χ0n) is 10.1. The number of hydrogen-bond acceptors (Lipinski definition) is 2. The van der Waals surface area contributed by atoms with Gasteiger partial charge in [0.05, 0.1) is 6.04 Å². The summed E-state index contributed by atoms with van der Waals surface area (Å²) in [5.41, 5.74) is 5.38. The molecule has 0 bridgehead atoms. The van der Waals surface area contributed by atoms with Gasteiger partial charge in [-0.3, -0.25) is 4.79 Å². The Kier molecular flexibility index (Phi) is 4.58. The van der Waals surface area contributed by atoms with Gasteiger partial charge in [-0.2, -0.15) is 0 Å². The lowest BCUT2D eigenvalue weighted by Crippen LogP contribution is -2.50. The van der Waals surface area contributed by atoms with Crippen LogP contribution in [0.15, 0.2) is 0 Å². The Hall–Kier alpha value is -0.570. The minimum atomic E-state index is -0.219. The molecule has 3 heteroatoms. The summed E-state index contributed by atoms with van der Waals surface area (Å²) in [6, 6.07) is 0.324. The third-order valence-corrected chi connectivity index (χ3v) is 3.40. The largest absolute Gasteiger partial charge is 0.368 e. The third kappa shape index (κ3) is 3.82. The second kappa shape index (κ2) is 5.50. The van der Waals surface area contributed by atoms with Gasteiger partial charge < -0.3 is 11.1 Å². The zero-order chi connectivity index (χ0) is 11.4. The van der Waals surface area contributed by atoms with Gasteiger partial charge in [0.1, 0.15) is 0 Å². The smallest absolute Gasteiger partial charge is 0.234 e. The Morgan fingerprint density at radius 3 is 2.20 bits per heavy atom. The average Bonchev–Trinajstić information content (AvgIpc) is 2.15. The number of amides is 1. The van der Waals surface area contributed by atoms with Crippen molar-refractivity contribution in [2.24, 2.45) is 17.6 Å². The van der Waals surface area contributed by atoms with Gasteiger partial charge in [-0.15, -0.1) is 0 Å². The van der Waals surface area contributed by atoms with E-state index in [0.717, 1.165) is 5.92 Å².